The van der Waals surface area contributed by atoms with Crippen LogP contribution in [0.4, 0.5) is 0 Å². The van der Waals surface area contributed by atoms with Crippen LogP contribution in [0.1, 0.15) is 277 Å². The number of nitrogens with one attached hydrogen (secondary N) is 1. The van der Waals surface area contributed by atoms with E-state index in [4.69, 9.17) is 28.4 Å². The molecule has 17 atom stereocenters. The van der Waals surface area contributed by atoms with Crippen LogP contribution in [0, 0.1) is 0 Å². The molecular weight excluding hydrogens is 1180 g/mol. The van der Waals surface area contributed by atoms with Crippen LogP contribution in [0.5, 0.6) is 0 Å². The summed E-state index contributed by atoms with van der Waals surface area (Å²) in [7, 11) is 0. The number of carbonyl (C=O) groups excluding carboxylic acids is 1. The van der Waals surface area contributed by atoms with Gasteiger partial charge < -0.3 is 89.9 Å². The van der Waals surface area contributed by atoms with Gasteiger partial charge in [-0.1, -0.05) is 249 Å². The lowest BCUT2D eigenvalue weighted by atomic mass is 9.96. The lowest BCUT2D eigenvalue weighted by molar-refractivity contribution is -0.379. The van der Waals surface area contributed by atoms with Crippen LogP contribution in [0.15, 0.2) is 48.6 Å². The van der Waals surface area contributed by atoms with Crippen LogP contribution in [0.25, 0.3) is 0 Å². The molecule has 12 N–H and O–H groups in total. The molecule has 17 unspecified atom stereocenters. The van der Waals surface area contributed by atoms with Gasteiger partial charge in [-0.05, 0) is 70.6 Å². The monoisotopic (exact) mass is 1310 g/mol. The van der Waals surface area contributed by atoms with E-state index in [0.29, 0.717) is 12.8 Å². The Labute approximate surface area is 554 Å². The van der Waals surface area contributed by atoms with Crippen molar-refractivity contribution in [3.05, 3.63) is 48.6 Å². The number of amides is 1. The first-order valence-electron chi connectivity index (χ1n) is 36.9. The van der Waals surface area contributed by atoms with Crippen molar-refractivity contribution in [2.45, 2.75) is 381 Å². The molecule has 0 bridgehead atoms. The largest absolute Gasteiger partial charge is 0.394 e. The van der Waals surface area contributed by atoms with Gasteiger partial charge in [0, 0.05) is 6.42 Å². The lowest BCUT2D eigenvalue weighted by Crippen LogP contribution is -2.66. The second-order valence-electron chi connectivity index (χ2n) is 26.4. The summed E-state index contributed by atoms with van der Waals surface area (Å²) >= 11 is 0. The van der Waals surface area contributed by atoms with Gasteiger partial charge in [0.15, 0.2) is 18.9 Å². The Balaban J connectivity index is 1.35. The van der Waals surface area contributed by atoms with Crippen molar-refractivity contribution in [3.8, 4) is 0 Å². The fraction of sp³-hybridized carbons (Fsp3) is 0.877. The number of aliphatic hydroxyl groups is 11. The predicted octanol–water partition coefficient (Wildman–Crippen LogP) is 10.6. The number of rotatable bonds is 57. The molecule has 3 saturated heterocycles. The molecule has 0 aromatic rings. The fourth-order valence-corrected chi connectivity index (χ4v) is 12.3. The number of carbonyl (C=O) groups is 1. The normalized spacial score (nSPS) is 27.9. The molecule has 0 spiro atoms. The maximum absolute atomic E-state index is 13.4. The number of hydrogen-bond donors (Lipinski definition) is 12. The van der Waals surface area contributed by atoms with Crippen LogP contribution >= 0.6 is 0 Å². The van der Waals surface area contributed by atoms with Crippen molar-refractivity contribution >= 4 is 5.91 Å². The van der Waals surface area contributed by atoms with Gasteiger partial charge in [0.25, 0.3) is 0 Å². The van der Waals surface area contributed by atoms with Gasteiger partial charge in [0.2, 0.25) is 5.91 Å². The number of aliphatic hydroxyl groups excluding tert-OH is 11. The summed E-state index contributed by atoms with van der Waals surface area (Å²) in [6.07, 6.45) is 39.8. The van der Waals surface area contributed by atoms with Crippen molar-refractivity contribution in [3.63, 3.8) is 0 Å². The summed E-state index contributed by atoms with van der Waals surface area (Å²) in [4.78, 5) is 13.4. The number of hydrogen-bond acceptors (Lipinski definition) is 18. The van der Waals surface area contributed by atoms with Crippen molar-refractivity contribution in [2.75, 3.05) is 26.4 Å². The zero-order valence-corrected chi connectivity index (χ0v) is 57.0. The minimum absolute atomic E-state index is 0.234. The molecule has 538 valence electrons. The Hall–Kier alpha value is -2.25. The maximum Gasteiger partial charge on any atom is 0.220 e. The van der Waals surface area contributed by atoms with E-state index in [1.54, 1.807) is 6.08 Å². The van der Waals surface area contributed by atoms with Crippen LogP contribution in [0.2, 0.25) is 0 Å². The number of unbranched alkanes of at least 4 members (excludes halogenated alkanes) is 35. The predicted molar refractivity (Wildman–Crippen MR) is 360 cm³/mol. The van der Waals surface area contributed by atoms with E-state index in [-0.39, 0.29) is 18.9 Å². The van der Waals surface area contributed by atoms with Crippen molar-refractivity contribution in [1.82, 2.24) is 5.32 Å². The molecule has 0 aliphatic carbocycles. The van der Waals surface area contributed by atoms with Crippen LogP contribution in [-0.4, -0.2) is 193 Å². The lowest BCUT2D eigenvalue weighted by Gasteiger charge is -2.48. The van der Waals surface area contributed by atoms with Crippen LogP contribution in [0.3, 0.4) is 0 Å². The zero-order chi connectivity index (χ0) is 66.8. The van der Waals surface area contributed by atoms with E-state index in [0.717, 1.165) is 44.9 Å². The first-order valence-corrected chi connectivity index (χ1v) is 36.9. The van der Waals surface area contributed by atoms with E-state index in [1.165, 1.54) is 199 Å². The maximum atomic E-state index is 13.4. The molecule has 0 saturated carbocycles. The van der Waals surface area contributed by atoms with Crippen molar-refractivity contribution < 1.29 is 89.4 Å². The molecule has 0 radical (unpaired) electrons. The highest BCUT2D eigenvalue weighted by Crippen LogP contribution is 2.33. The average molecular weight is 1310 g/mol. The zero-order valence-electron chi connectivity index (χ0n) is 57.0. The highest BCUT2D eigenvalue weighted by Gasteiger charge is 2.53. The molecule has 3 rings (SSSR count). The summed E-state index contributed by atoms with van der Waals surface area (Å²) in [5.41, 5.74) is 0. The van der Waals surface area contributed by atoms with Crippen LogP contribution in [-0.2, 0) is 33.2 Å². The molecule has 19 nitrogen and oxygen atoms in total. The van der Waals surface area contributed by atoms with Gasteiger partial charge in [0.1, 0.15) is 73.2 Å². The van der Waals surface area contributed by atoms with Crippen LogP contribution < -0.4 is 5.32 Å². The topological polar surface area (TPSA) is 307 Å². The van der Waals surface area contributed by atoms with Gasteiger partial charge >= 0.3 is 0 Å². The molecular formula is C73H133NO18. The molecule has 3 aliphatic rings. The molecule has 3 heterocycles. The Morgan fingerprint density at radius 3 is 1.10 bits per heavy atom. The molecule has 19 heteroatoms. The summed E-state index contributed by atoms with van der Waals surface area (Å²) in [5, 5.41) is 120. The molecule has 0 aromatic heterocycles. The Morgan fingerprint density at radius 2 is 0.696 bits per heavy atom. The van der Waals surface area contributed by atoms with Gasteiger partial charge in [0.05, 0.1) is 38.6 Å². The fourth-order valence-electron chi connectivity index (χ4n) is 12.3. The van der Waals surface area contributed by atoms with Gasteiger partial charge in [-0.3, -0.25) is 4.79 Å². The first kappa shape index (κ1) is 84.0. The van der Waals surface area contributed by atoms with Gasteiger partial charge in [-0.2, -0.15) is 0 Å². The highest BCUT2D eigenvalue weighted by atomic mass is 16.8. The molecule has 3 fully saturated rings. The minimum Gasteiger partial charge on any atom is -0.394 e. The van der Waals surface area contributed by atoms with Gasteiger partial charge in [-0.15, -0.1) is 0 Å². The number of ether oxygens (including phenoxy) is 6. The van der Waals surface area contributed by atoms with E-state index >= 15 is 0 Å². The number of allylic oxidation sites excluding steroid dienone is 7. The van der Waals surface area contributed by atoms with E-state index in [1.807, 2.05) is 6.08 Å². The standard InChI is InChI=1S/C73H133NO18/c1-3-5-7-9-11-13-15-17-19-20-21-22-23-24-25-26-27-28-29-30-31-32-33-34-35-36-37-39-41-43-45-47-49-51-61(79)74-56(57(78)50-48-46-44-42-40-38-18-16-14-12-10-8-6-4-2)55-87-71-67(85)64(82)69(59(53-76)89-71)92-73-68(86)65(83)70(60(54-77)90-73)91-72-66(84)63(81)62(80)58(52-75)88-72/h14,16,20-21,40,42,48,50,56-60,62-73,75-78,80-86H,3-13,15,17-19,22-39,41,43-47,49,51-55H2,1-2H3,(H,74,79)/b16-14+,21-20-,42-40+,50-48+. The minimum atomic E-state index is -1.98. The third-order valence-corrected chi connectivity index (χ3v) is 18.3. The molecule has 3 aliphatic heterocycles. The second-order valence-corrected chi connectivity index (χ2v) is 26.4. The summed E-state index contributed by atoms with van der Waals surface area (Å²) in [6, 6.07) is -0.995. The summed E-state index contributed by atoms with van der Waals surface area (Å²) in [6.45, 7) is 1.69. The van der Waals surface area contributed by atoms with Crippen molar-refractivity contribution in [1.29, 1.82) is 0 Å². The quantitative estimate of drug-likeness (QED) is 0.0199. The molecule has 92 heavy (non-hydrogen) atoms. The SMILES string of the molecule is CCCCCC/C=C/CC/C=C/CC/C=C/C(O)C(COC1OC(CO)C(OC2OC(CO)C(OC3OC(CO)C(O)C(O)C3O)C(O)C2O)C(O)C1O)NC(=O)CCCCCCCCCCCCCCCCCCCCCCC/C=C\CCCCCCCCCC. The average Bonchev–Trinajstić information content (AvgIpc) is 0.852. The highest BCUT2D eigenvalue weighted by molar-refractivity contribution is 5.76. The van der Waals surface area contributed by atoms with E-state index in [2.05, 4.69) is 55.6 Å². The Bertz CT molecular complexity index is 1860. The third kappa shape index (κ3) is 35.8. The third-order valence-electron chi connectivity index (χ3n) is 18.3. The molecule has 0 aromatic carbocycles. The Kier molecular flexibility index (Phi) is 50.0. The van der Waals surface area contributed by atoms with Crippen molar-refractivity contribution in [2.24, 2.45) is 0 Å². The van der Waals surface area contributed by atoms with E-state index in [9.17, 15) is 61.0 Å². The smallest absolute Gasteiger partial charge is 0.220 e. The summed E-state index contributed by atoms with van der Waals surface area (Å²) in [5.74, 6) is -0.287. The first-order chi connectivity index (χ1) is 44.8. The molecule has 1 amide bonds. The second kappa shape index (κ2) is 54.7. The van der Waals surface area contributed by atoms with Gasteiger partial charge in [-0.25, -0.2) is 0 Å². The van der Waals surface area contributed by atoms with E-state index < -0.39 is 124 Å². The Morgan fingerprint density at radius 1 is 0.380 bits per heavy atom. The summed E-state index contributed by atoms with van der Waals surface area (Å²) < 4.78 is 34.3.